The van der Waals surface area contributed by atoms with Crippen LogP contribution in [-0.2, 0) is 33.6 Å². The second-order valence-electron chi connectivity index (χ2n) is 6.73. The fourth-order valence-corrected chi connectivity index (χ4v) is 2.29. The van der Waals surface area contributed by atoms with Crippen LogP contribution in [0.1, 0.15) is 26.2 Å². The summed E-state index contributed by atoms with van der Waals surface area (Å²) in [6.45, 7) is 1.07. The number of aliphatic carboxylic acids is 2. The normalized spacial score (nSPS) is 15.2. The summed E-state index contributed by atoms with van der Waals surface area (Å²) in [5.41, 5.74) is 15.3. The highest BCUT2D eigenvalue weighted by molar-refractivity contribution is 5.97. The second-order valence-corrected chi connectivity index (χ2v) is 6.73. The minimum Gasteiger partial charge on any atom is -0.481 e. The van der Waals surface area contributed by atoms with Crippen molar-refractivity contribution < 1.29 is 48.9 Å². The minimum absolute atomic E-state index is 0.773. The Kier molecular flexibility index (Phi) is 11.3. The van der Waals surface area contributed by atoms with Crippen molar-refractivity contribution >= 4 is 41.5 Å². The molecule has 12 N–H and O–H groups in total. The maximum absolute atomic E-state index is 12.5. The molecule has 0 aromatic rings. The zero-order valence-corrected chi connectivity index (χ0v) is 16.9. The number of hydrogen-bond acceptors (Lipinski definition) is 9. The van der Waals surface area contributed by atoms with E-state index in [0.717, 1.165) is 6.92 Å². The number of carboxylic acids is 2. The summed E-state index contributed by atoms with van der Waals surface area (Å²) >= 11 is 0. The molecule has 180 valence electrons. The summed E-state index contributed by atoms with van der Waals surface area (Å²) in [4.78, 5) is 80.8. The third-order valence-electron chi connectivity index (χ3n) is 3.85. The molecule has 0 bridgehead atoms. The van der Waals surface area contributed by atoms with Crippen molar-refractivity contribution in [3.05, 3.63) is 0 Å². The van der Waals surface area contributed by atoms with Gasteiger partial charge in [0.1, 0.15) is 18.1 Å². The lowest BCUT2D eigenvalue weighted by molar-refractivity contribution is -0.144. The van der Waals surface area contributed by atoms with Crippen LogP contribution >= 0.6 is 0 Å². The third kappa shape index (κ3) is 10.3. The first kappa shape index (κ1) is 28.2. The zero-order chi connectivity index (χ0) is 25.2. The van der Waals surface area contributed by atoms with Gasteiger partial charge in [0.05, 0.1) is 31.4 Å². The van der Waals surface area contributed by atoms with E-state index in [9.17, 15) is 38.7 Å². The summed E-state index contributed by atoms with van der Waals surface area (Å²) in [7, 11) is 0. The molecule has 16 heteroatoms. The average molecular weight is 462 g/mol. The predicted octanol–water partition coefficient (Wildman–Crippen LogP) is -5.54. The molecular formula is C16H26N6O10. The van der Waals surface area contributed by atoms with Gasteiger partial charge in [0, 0.05) is 0 Å². The van der Waals surface area contributed by atoms with Gasteiger partial charge in [0.15, 0.2) is 0 Å². The summed E-state index contributed by atoms with van der Waals surface area (Å²) in [5, 5.41) is 33.5. The van der Waals surface area contributed by atoms with Crippen LogP contribution in [0, 0.1) is 0 Å². The molecule has 0 aliphatic heterocycles. The highest BCUT2D eigenvalue weighted by Gasteiger charge is 2.33. The molecule has 5 unspecified atom stereocenters. The Morgan fingerprint density at radius 1 is 0.750 bits per heavy atom. The molecule has 32 heavy (non-hydrogen) atoms. The van der Waals surface area contributed by atoms with E-state index in [0.29, 0.717) is 0 Å². The topological polar surface area (TPSA) is 294 Å². The lowest BCUT2D eigenvalue weighted by Crippen LogP contribution is -2.60. The monoisotopic (exact) mass is 462 g/mol. The molecule has 0 saturated carbocycles. The number of aliphatic hydroxyl groups excluding tert-OH is 1. The number of amides is 5. The molecule has 5 atom stereocenters. The summed E-state index contributed by atoms with van der Waals surface area (Å²) in [6, 6.07) is -6.81. The number of aliphatic hydroxyl groups is 1. The number of carbonyl (C=O) groups excluding carboxylic acids is 5. The fraction of sp³-hybridized carbons (Fsp3) is 0.562. The number of primary amides is 2. The summed E-state index contributed by atoms with van der Waals surface area (Å²) in [5.74, 6) is -8.63. The highest BCUT2D eigenvalue weighted by atomic mass is 16.4. The van der Waals surface area contributed by atoms with Gasteiger partial charge >= 0.3 is 11.9 Å². The van der Waals surface area contributed by atoms with E-state index in [2.05, 4.69) is 0 Å². The van der Waals surface area contributed by atoms with E-state index in [-0.39, 0.29) is 0 Å². The first-order chi connectivity index (χ1) is 14.6. The van der Waals surface area contributed by atoms with Gasteiger partial charge < -0.3 is 48.5 Å². The van der Waals surface area contributed by atoms with Gasteiger partial charge in [-0.15, -0.1) is 0 Å². The predicted molar refractivity (Wildman–Crippen MR) is 103 cm³/mol. The number of carbonyl (C=O) groups is 7. The van der Waals surface area contributed by atoms with Crippen LogP contribution in [-0.4, -0.2) is 87.1 Å². The Labute approximate surface area is 180 Å². The van der Waals surface area contributed by atoms with Crippen LogP contribution in [0.5, 0.6) is 0 Å². The van der Waals surface area contributed by atoms with Crippen molar-refractivity contribution in [2.24, 2.45) is 17.2 Å². The first-order valence-electron chi connectivity index (χ1n) is 9.01. The van der Waals surface area contributed by atoms with E-state index >= 15 is 0 Å². The van der Waals surface area contributed by atoms with Gasteiger partial charge in [-0.1, -0.05) is 0 Å². The zero-order valence-electron chi connectivity index (χ0n) is 16.9. The molecule has 0 rings (SSSR count). The fourth-order valence-electron chi connectivity index (χ4n) is 2.29. The maximum atomic E-state index is 12.5. The third-order valence-corrected chi connectivity index (χ3v) is 3.85. The number of carboxylic acid groups (broad SMARTS) is 2. The molecule has 0 fully saturated rings. The minimum atomic E-state index is -1.78. The van der Waals surface area contributed by atoms with E-state index < -0.39 is 91.0 Å². The van der Waals surface area contributed by atoms with Crippen molar-refractivity contribution in [2.75, 3.05) is 0 Å². The molecule has 16 nitrogen and oxygen atoms in total. The number of nitrogens with one attached hydrogen (secondary N) is 3. The first-order valence-corrected chi connectivity index (χ1v) is 9.01. The average Bonchev–Trinajstić information content (AvgIpc) is 2.62. The highest BCUT2D eigenvalue weighted by Crippen LogP contribution is 2.02. The molecule has 0 saturated heterocycles. The smallest absolute Gasteiger partial charge is 0.326 e. The Morgan fingerprint density at radius 3 is 1.62 bits per heavy atom. The van der Waals surface area contributed by atoms with Crippen LogP contribution in [0.25, 0.3) is 0 Å². The molecule has 5 amide bonds. The van der Waals surface area contributed by atoms with Gasteiger partial charge in [0.25, 0.3) is 0 Å². The summed E-state index contributed by atoms with van der Waals surface area (Å²) < 4.78 is 0. The van der Waals surface area contributed by atoms with Crippen LogP contribution in [0.3, 0.4) is 0 Å². The molecule has 0 aromatic heterocycles. The van der Waals surface area contributed by atoms with Crippen molar-refractivity contribution in [1.82, 2.24) is 16.0 Å². The molecule has 0 aliphatic carbocycles. The standard InChI is InChI=1S/C16H26N6O10/c1-5(23)12(15(30)21-8(16(31)32)4-10(19)25)22-14(29)7(3-9(18)24)20-13(28)6(17)2-11(26)27/h5-8,12,23H,2-4,17H2,1H3,(H2,18,24)(H2,19,25)(H,20,28)(H,21,30)(H,22,29)(H,26,27)(H,31,32). The lowest BCUT2D eigenvalue weighted by Gasteiger charge is -2.26. The number of nitrogens with two attached hydrogens (primary N) is 3. The lowest BCUT2D eigenvalue weighted by atomic mass is 10.1. The van der Waals surface area contributed by atoms with Gasteiger partial charge in [0.2, 0.25) is 29.5 Å². The molecule has 0 heterocycles. The van der Waals surface area contributed by atoms with Gasteiger partial charge in [-0.2, -0.15) is 0 Å². The van der Waals surface area contributed by atoms with Gasteiger partial charge in [-0.25, -0.2) is 4.79 Å². The molecule has 0 radical (unpaired) electrons. The van der Waals surface area contributed by atoms with Gasteiger partial charge in [-0.05, 0) is 6.92 Å². The quantitative estimate of drug-likeness (QED) is 0.117. The SMILES string of the molecule is CC(O)C(NC(=O)C(CC(N)=O)NC(=O)C(N)CC(=O)O)C(=O)NC(CC(N)=O)C(=O)O. The molecule has 0 spiro atoms. The number of rotatable bonds is 14. The van der Waals surface area contributed by atoms with Crippen molar-refractivity contribution in [2.45, 2.75) is 56.5 Å². The Balaban J connectivity index is 5.47. The molecule has 0 aromatic carbocycles. The van der Waals surface area contributed by atoms with E-state index in [1.54, 1.807) is 0 Å². The Bertz CT molecular complexity index is 770. The van der Waals surface area contributed by atoms with Gasteiger partial charge in [-0.3, -0.25) is 28.8 Å². The van der Waals surface area contributed by atoms with Crippen LogP contribution < -0.4 is 33.2 Å². The van der Waals surface area contributed by atoms with Crippen LogP contribution in [0.15, 0.2) is 0 Å². The van der Waals surface area contributed by atoms with E-state index in [4.69, 9.17) is 27.4 Å². The van der Waals surface area contributed by atoms with Crippen molar-refractivity contribution in [1.29, 1.82) is 0 Å². The van der Waals surface area contributed by atoms with Crippen molar-refractivity contribution in [3.8, 4) is 0 Å². The maximum Gasteiger partial charge on any atom is 0.326 e. The summed E-state index contributed by atoms with van der Waals surface area (Å²) in [6.07, 6.45) is -3.93. The van der Waals surface area contributed by atoms with Crippen molar-refractivity contribution in [3.63, 3.8) is 0 Å². The number of hydrogen-bond donors (Lipinski definition) is 9. The van der Waals surface area contributed by atoms with Crippen LogP contribution in [0.2, 0.25) is 0 Å². The Morgan fingerprint density at radius 2 is 1.22 bits per heavy atom. The van der Waals surface area contributed by atoms with Crippen LogP contribution in [0.4, 0.5) is 0 Å². The second kappa shape index (κ2) is 12.8. The van der Waals surface area contributed by atoms with E-state index in [1.165, 1.54) is 0 Å². The largest absolute Gasteiger partial charge is 0.481 e. The Hall–Kier alpha value is -3.79. The van der Waals surface area contributed by atoms with E-state index in [1.807, 2.05) is 16.0 Å². The molecular weight excluding hydrogens is 436 g/mol. The molecule has 0 aliphatic rings.